The molecule has 6 heteroatoms. The minimum atomic E-state index is -3.10. The molecule has 2 aliphatic rings. The number of alkyl halides is 4. The van der Waals surface area contributed by atoms with Crippen LogP contribution in [0.25, 0.3) is 0 Å². The van der Waals surface area contributed by atoms with Gasteiger partial charge < -0.3 is 9.59 Å². The van der Waals surface area contributed by atoms with Gasteiger partial charge in [-0.15, -0.1) is 0 Å². The molecule has 4 unspecified atom stereocenters. The van der Waals surface area contributed by atoms with Crippen LogP contribution in [0.3, 0.4) is 0 Å². The van der Waals surface area contributed by atoms with Gasteiger partial charge >= 0.3 is 0 Å². The molecule has 2 aliphatic carbocycles. The number of halogens is 4. The summed E-state index contributed by atoms with van der Waals surface area (Å²) in [4.78, 5) is 21.2. The Bertz CT molecular complexity index is 347. The molecule has 0 radical (unpaired) electrons. The van der Waals surface area contributed by atoms with Crippen molar-refractivity contribution in [1.82, 2.24) is 0 Å². The largest absolute Gasteiger partial charge is 0.303 e. The van der Waals surface area contributed by atoms with Crippen molar-refractivity contribution in [2.75, 3.05) is 0 Å². The molecule has 0 N–H and O–H groups in total. The van der Waals surface area contributed by atoms with Crippen LogP contribution in [0.2, 0.25) is 0 Å². The van der Waals surface area contributed by atoms with Gasteiger partial charge in [0.25, 0.3) is 11.8 Å². The Balaban J connectivity index is 2.03. The number of hydrogen-bond acceptors (Lipinski definition) is 2. The van der Waals surface area contributed by atoms with Gasteiger partial charge in [0.05, 0.1) is 11.8 Å². The molecule has 0 aromatic heterocycles. The van der Waals surface area contributed by atoms with Crippen molar-refractivity contribution in [3.05, 3.63) is 0 Å². The van der Waals surface area contributed by atoms with Gasteiger partial charge in [0.1, 0.15) is 12.6 Å². The van der Waals surface area contributed by atoms with E-state index < -0.39 is 48.4 Å². The Morgan fingerprint density at radius 2 is 1.05 bits per heavy atom. The zero-order valence-corrected chi connectivity index (χ0v) is 11.0. The highest BCUT2D eigenvalue weighted by Crippen LogP contribution is 2.50. The van der Waals surface area contributed by atoms with E-state index in [0.717, 1.165) is 0 Å². The summed E-state index contributed by atoms with van der Waals surface area (Å²) in [5.74, 6) is -9.74. The van der Waals surface area contributed by atoms with Gasteiger partial charge in [-0.1, -0.05) is 0 Å². The highest BCUT2D eigenvalue weighted by atomic mass is 19.3. The third-order valence-electron chi connectivity index (χ3n) is 4.85. The van der Waals surface area contributed by atoms with Crippen LogP contribution in [0.15, 0.2) is 0 Å². The second kappa shape index (κ2) is 5.45. The van der Waals surface area contributed by atoms with Crippen LogP contribution in [0.1, 0.15) is 38.5 Å². The van der Waals surface area contributed by atoms with E-state index in [1.165, 1.54) is 0 Å². The highest BCUT2D eigenvalue weighted by Gasteiger charge is 2.51. The molecule has 0 bridgehead atoms. The number of carbonyl (C=O) groups excluding carboxylic acids is 2. The van der Waals surface area contributed by atoms with E-state index in [1.807, 2.05) is 0 Å². The van der Waals surface area contributed by atoms with E-state index in [-0.39, 0.29) is 25.4 Å². The van der Waals surface area contributed by atoms with Gasteiger partial charge in [-0.05, 0) is 37.5 Å². The van der Waals surface area contributed by atoms with Crippen molar-refractivity contribution in [1.29, 1.82) is 0 Å². The second-order valence-electron chi connectivity index (χ2n) is 6.09. The van der Waals surface area contributed by atoms with Gasteiger partial charge in [-0.2, -0.15) is 0 Å². The average Bonchev–Trinajstić information content (AvgIpc) is 2.36. The van der Waals surface area contributed by atoms with E-state index in [1.54, 1.807) is 0 Å². The maximum Gasteiger partial charge on any atom is 0.257 e. The summed E-state index contributed by atoms with van der Waals surface area (Å²) < 4.78 is 54.9. The van der Waals surface area contributed by atoms with Gasteiger partial charge in [0, 0.05) is 12.8 Å². The first-order valence-electron chi connectivity index (χ1n) is 6.96. The first-order valence-corrected chi connectivity index (χ1v) is 6.96. The van der Waals surface area contributed by atoms with E-state index in [9.17, 15) is 27.2 Å². The lowest BCUT2D eigenvalue weighted by atomic mass is 9.67. The van der Waals surface area contributed by atoms with Crippen molar-refractivity contribution in [2.24, 2.45) is 23.7 Å². The minimum Gasteiger partial charge on any atom is -0.303 e. The van der Waals surface area contributed by atoms with Crippen LogP contribution in [-0.4, -0.2) is 24.4 Å². The van der Waals surface area contributed by atoms with Gasteiger partial charge in [-0.3, -0.25) is 0 Å². The molecule has 2 nitrogen and oxygen atoms in total. The Morgan fingerprint density at radius 1 is 0.700 bits per heavy atom. The van der Waals surface area contributed by atoms with Crippen LogP contribution < -0.4 is 0 Å². The van der Waals surface area contributed by atoms with Crippen molar-refractivity contribution < 1.29 is 27.2 Å². The molecule has 20 heavy (non-hydrogen) atoms. The number of hydrogen-bond donors (Lipinski definition) is 0. The number of carbonyl (C=O) groups is 2. The molecule has 4 atom stereocenters. The SMILES string of the molecule is O=CC1CCC(C2CCC(C=O)C(F)(F)C2)CC1(F)F. The third kappa shape index (κ3) is 2.88. The van der Waals surface area contributed by atoms with Gasteiger partial charge in [0.15, 0.2) is 0 Å². The van der Waals surface area contributed by atoms with Crippen LogP contribution in [-0.2, 0) is 9.59 Å². The lowest BCUT2D eigenvalue weighted by Crippen LogP contribution is -2.43. The van der Waals surface area contributed by atoms with Crippen molar-refractivity contribution >= 4 is 12.6 Å². The molecule has 2 rings (SSSR count). The zero-order chi connectivity index (χ0) is 15.0. The maximum absolute atomic E-state index is 13.7. The smallest absolute Gasteiger partial charge is 0.257 e. The molecule has 0 aliphatic heterocycles. The van der Waals surface area contributed by atoms with E-state index in [4.69, 9.17) is 0 Å². The molecular formula is C14H18F4O2. The Labute approximate surface area is 114 Å². The molecule has 114 valence electrons. The number of rotatable bonds is 3. The molecule has 0 saturated heterocycles. The summed E-state index contributed by atoms with van der Waals surface area (Å²) in [6.45, 7) is 0. The molecular weight excluding hydrogens is 276 g/mol. The summed E-state index contributed by atoms with van der Waals surface area (Å²) in [7, 11) is 0. The predicted molar refractivity (Wildman–Crippen MR) is 63.7 cm³/mol. The monoisotopic (exact) mass is 294 g/mol. The normalized spacial score (nSPS) is 40.0. The van der Waals surface area contributed by atoms with E-state index >= 15 is 0 Å². The van der Waals surface area contributed by atoms with Gasteiger partial charge in [-0.25, -0.2) is 17.6 Å². The molecule has 0 heterocycles. The fourth-order valence-electron chi connectivity index (χ4n) is 3.56. The Kier molecular flexibility index (Phi) is 4.21. The predicted octanol–water partition coefficient (Wildman–Crippen LogP) is 3.49. The van der Waals surface area contributed by atoms with Crippen LogP contribution in [0.5, 0.6) is 0 Å². The van der Waals surface area contributed by atoms with E-state index in [0.29, 0.717) is 12.8 Å². The fourth-order valence-corrected chi connectivity index (χ4v) is 3.56. The van der Waals surface area contributed by atoms with Crippen molar-refractivity contribution in [2.45, 2.75) is 50.4 Å². The van der Waals surface area contributed by atoms with Crippen molar-refractivity contribution in [3.8, 4) is 0 Å². The first-order chi connectivity index (χ1) is 9.30. The quantitative estimate of drug-likeness (QED) is 0.590. The highest BCUT2D eigenvalue weighted by molar-refractivity contribution is 5.56. The molecule has 0 aromatic rings. The topological polar surface area (TPSA) is 34.1 Å². The summed E-state index contributed by atoms with van der Waals surface area (Å²) in [6, 6.07) is 0. The van der Waals surface area contributed by atoms with Crippen molar-refractivity contribution in [3.63, 3.8) is 0 Å². The first kappa shape index (κ1) is 15.4. The standard InChI is InChI=1S/C14H18F4O2/c15-13(16)5-9(1-3-11(13)7-19)10-2-4-12(8-20)14(17,18)6-10/h7-12H,1-6H2. The van der Waals surface area contributed by atoms with Crippen LogP contribution in [0.4, 0.5) is 17.6 Å². The maximum atomic E-state index is 13.7. The van der Waals surface area contributed by atoms with Crippen LogP contribution in [0, 0.1) is 23.7 Å². The molecule has 2 saturated carbocycles. The molecule has 0 aromatic carbocycles. The van der Waals surface area contributed by atoms with Crippen LogP contribution >= 0.6 is 0 Å². The Hall–Kier alpha value is -0.940. The summed E-state index contributed by atoms with van der Waals surface area (Å²) in [5, 5.41) is 0. The van der Waals surface area contributed by atoms with Gasteiger partial charge in [0.2, 0.25) is 0 Å². The molecule has 2 fully saturated rings. The summed E-state index contributed by atoms with van der Waals surface area (Å²) in [6.07, 6.45) is 0.422. The zero-order valence-electron chi connectivity index (χ0n) is 11.0. The third-order valence-corrected chi connectivity index (χ3v) is 4.85. The minimum absolute atomic E-state index is 0.0559. The molecule has 0 spiro atoms. The lowest BCUT2D eigenvalue weighted by molar-refractivity contribution is -0.153. The Morgan fingerprint density at radius 3 is 1.30 bits per heavy atom. The van der Waals surface area contributed by atoms with E-state index in [2.05, 4.69) is 0 Å². The second-order valence-corrected chi connectivity index (χ2v) is 6.09. The lowest BCUT2D eigenvalue weighted by Gasteiger charge is -2.41. The average molecular weight is 294 g/mol. The summed E-state index contributed by atoms with van der Waals surface area (Å²) in [5.41, 5.74) is 0. The fraction of sp³-hybridized carbons (Fsp3) is 0.857. The molecule has 0 amide bonds. The number of aldehydes is 2. The summed E-state index contributed by atoms with van der Waals surface area (Å²) >= 11 is 0.